The minimum Gasteiger partial charge on any atom is -0.497 e. The Bertz CT molecular complexity index is 563. The molecule has 4 nitrogen and oxygen atoms in total. The molecule has 23 heavy (non-hydrogen) atoms. The van der Waals surface area contributed by atoms with Gasteiger partial charge in [0.1, 0.15) is 11.5 Å². The Labute approximate surface area is 139 Å². The molecule has 3 aliphatic rings. The lowest BCUT2D eigenvalue weighted by Gasteiger charge is -2.34. The van der Waals surface area contributed by atoms with Gasteiger partial charge in [-0.2, -0.15) is 0 Å². The van der Waals surface area contributed by atoms with Gasteiger partial charge in [0.05, 0.1) is 19.3 Å². The maximum Gasteiger partial charge on any atom is 0.147 e. The average Bonchev–Trinajstić information content (AvgIpc) is 2.87. The molecular weight excluding hydrogens is 290 g/mol. The van der Waals surface area contributed by atoms with E-state index in [1.165, 1.54) is 5.57 Å². The summed E-state index contributed by atoms with van der Waals surface area (Å²) in [6, 6.07) is 0.0704. The Balaban J connectivity index is 1.78. The Morgan fingerprint density at radius 3 is 2.65 bits per heavy atom. The number of likely N-dealkylation sites (tertiary alicyclic amines) is 1. The van der Waals surface area contributed by atoms with Crippen LogP contribution in [0.15, 0.2) is 23.5 Å². The second-order valence-electron chi connectivity index (χ2n) is 7.92. The third-order valence-electron chi connectivity index (χ3n) is 6.35. The number of piperidine rings is 1. The van der Waals surface area contributed by atoms with Crippen molar-refractivity contribution < 1.29 is 14.3 Å². The minimum atomic E-state index is 0.0364. The van der Waals surface area contributed by atoms with Crippen LogP contribution in [0.3, 0.4) is 0 Å². The molecule has 4 heteroatoms. The van der Waals surface area contributed by atoms with Crippen LogP contribution in [0, 0.1) is 23.2 Å². The first-order valence-electron chi connectivity index (χ1n) is 8.54. The summed E-state index contributed by atoms with van der Waals surface area (Å²) in [7, 11) is 3.43. The van der Waals surface area contributed by atoms with E-state index in [4.69, 9.17) is 9.47 Å². The highest BCUT2D eigenvalue weighted by atomic mass is 16.5. The van der Waals surface area contributed by atoms with Crippen LogP contribution in [0.5, 0.6) is 0 Å². The number of hydrogen-bond acceptors (Lipinski definition) is 4. The monoisotopic (exact) mass is 319 g/mol. The first-order valence-corrected chi connectivity index (χ1v) is 8.54. The molecule has 0 amide bonds. The highest BCUT2D eigenvalue weighted by Crippen LogP contribution is 2.65. The molecule has 1 heterocycles. The number of methoxy groups -OCH3 is 2. The van der Waals surface area contributed by atoms with Crippen LogP contribution in [-0.4, -0.2) is 50.1 Å². The zero-order valence-electron chi connectivity index (χ0n) is 15.1. The topological polar surface area (TPSA) is 38.8 Å². The molecule has 0 aromatic carbocycles. The first-order chi connectivity index (χ1) is 10.8. The molecule has 5 unspecified atom stereocenters. The third kappa shape index (κ3) is 2.66. The predicted octanol–water partition coefficient (Wildman–Crippen LogP) is 2.65. The molecule has 0 aromatic rings. The van der Waals surface area contributed by atoms with E-state index >= 15 is 0 Å². The smallest absolute Gasteiger partial charge is 0.147 e. The van der Waals surface area contributed by atoms with Crippen molar-refractivity contribution in [1.82, 2.24) is 4.90 Å². The van der Waals surface area contributed by atoms with Crippen molar-refractivity contribution in [2.45, 2.75) is 39.8 Å². The molecule has 1 aliphatic heterocycles. The lowest BCUT2D eigenvalue weighted by atomic mass is 9.88. The Morgan fingerprint density at radius 2 is 2.09 bits per heavy atom. The molecule has 0 bridgehead atoms. The number of nitrogens with zero attached hydrogens (tertiary/aromatic N) is 1. The van der Waals surface area contributed by atoms with E-state index in [2.05, 4.69) is 31.7 Å². The van der Waals surface area contributed by atoms with Crippen LogP contribution >= 0.6 is 0 Å². The molecule has 0 aromatic heterocycles. The SMILES string of the molecule is COC1=CC(OC)C(C)C(CN2CC3C(C2C(C)=O)C3(C)C)=C1. The quantitative estimate of drug-likeness (QED) is 0.781. The average molecular weight is 319 g/mol. The second kappa shape index (κ2) is 5.75. The highest BCUT2D eigenvalue weighted by Gasteiger charge is 2.67. The number of ether oxygens (including phenoxy) is 2. The first kappa shape index (κ1) is 16.7. The van der Waals surface area contributed by atoms with Crippen LogP contribution in [0.25, 0.3) is 0 Å². The van der Waals surface area contributed by atoms with E-state index in [1.807, 2.05) is 6.08 Å². The summed E-state index contributed by atoms with van der Waals surface area (Å²) in [5.74, 6) is 2.64. The number of ketones is 1. The zero-order valence-corrected chi connectivity index (χ0v) is 15.1. The largest absolute Gasteiger partial charge is 0.497 e. The molecule has 3 rings (SSSR count). The lowest BCUT2D eigenvalue weighted by Crippen LogP contribution is -2.43. The molecule has 128 valence electrons. The van der Waals surface area contributed by atoms with Gasteiger partial charge in [-0.05, 0) is 41.9 Å². The van der Waals surface area contributed by atoms with Crippen LogP contribution < -0.4 is 0 Å². The Hall–Kier alpha value is -1.13. The van der Waals surface area contributed by atoms with E-state index in [1.54, 1.807) is 21.1 Å². The number of hydrogen-bond donors (Lipinski definition) is 0. The van der Waals surface area contributed by atoms with Gasteiger partial charge in [0, 0.05) is 26.1 Å². The predicted molar refractivity (Wildman–Crippen MR) is 89.9 cm³/mol. The van der Waals surface area contributed by atoms with Crippen molar-refractivity contribution >= 4 is 5.78 Å². The third-order valence-corrected chi connectivity index (χ3v) is 6.35. The van der Waals surface area contributed by atoms with E-state index in [0.29, 0.717) is 29.0 Å². The maximum absolute atomic E-state index is 12.2. The summed E-state index contributed by atoms with van der Waals surface area (Å²) in [5.41, 5.74) is 1.62. The van der Waals surface area contributed by atoms with Gasteiger partial charge in [-0.1, -0.05) is 20.8 Å². The normalized spacial score (nSPS) is 38.6. The fourth-order valence-corrected chi connectivity index (χ4v) is 4.73. The van der Waals surface area contributed by atoms with Gasteiger partial charge in [-0.3, -0.25) is 9.69 Å². The number of carbonyl (C=O) groups excluding carboxylic acids is 1. The molecule has 0 radical (unpaired) electrons. The van der Waals surface area contributed by atoms with Crippen molar-refractivity contribution in [2.24, 2.45) is 23.2 Å². The van der Waals surface area contributed by atoms with Gasteiger partial charge in [0.2, 0.25) is 0 Å². The number of fused-ring (bicyclic) bond motifs is 1. The van der Waals surface area contributed by atoms with Crippen molar-refractivity contribution in [2.75, 3.05) is 27.3 Å². The van der Waals surface area contributed by atoms with Gasteiger partial charge in [-0.15, -0.1) is 0 Å². The van der Waals surface area contributed by atoms with E-state index < -0.39 is 0 Å². The summed E-state index contributed by atoms with van der Waals surface area (Å²) in [4.78, 5) is 14.6. The fourth-order valence-electron chi connectivity index (χ4n) is 4.73. The highest BCUT2D eigenvalue weighted by molar-refractivity contribution is 5.83. The summed E-state index contributed by atoms with van der Waals surface area (Å²) >= 11 is 0. The summed E-state index contributed by atoms with van der Waals surface area (Å²) in [6.45, 7) is 10.4. The molecule has 2 fully saturated rings. The Morgan fingerprint density at radius 1 is 1.39 bits per heavy atom. The van der Waals surface area contributed by atoms with Crippen LogP contribution in [0.2, 0.25) is 0 Å². The van der Waals surface area contributed by atoms with Gasteiger partial charge in [0.15, 0.2) is 0 Å². The molecule has 1 saturated carbocycles. The van der Waals surface area contributed by atoms with Crippen molar-refractivity contribution in [1.29, 1.82) is 0 Å². The van der Waals surface area contributed by atoms with Crippen LogP contribution in [0.4, 0.5) is 0 Å². The van der Waals surface area contributed by atoms with Gasteiger partial charge < -0.3 is 9.47 Å². The van der Waals surface area contributed by atoms with E-state index in [9.17, 15) is 4.79 Å². The molecular formula is C19H29NO3. The number of allylic oxidation sites excluding steroid dienone is 1. The summed E-state index contributed by atoms with van der Waals surface area (Å²) in [6.07, 6.45) is 4.18. The maximum atomic E-state index is 12.2. The van der Waals surface area contributed by atoms with Gasteiger partial charge in [-0.25, -0.2) is 0 Å². The van der Waals surface area contributed by atoms with Crippen LogP contribution in [0.1, 0.15) is 27.7 Å². The van der Waals surface area contributed by atoms with E-state index in [-0.39, 0.29) is 12.1 Å². The Kier molecular flexibility index (Phi) is 4.18. The number of carbonyl (C=O) groups is 1. The van der Waals surface area contributed by atoms with Crippen molar-refractivity contribution in [3.8, 4) is 0 Å². The van der Waals surface area contributed by atoms with Crippen molar-refractivity contribution in [3.63, 3.8) is 0 Å². The standard InChI is InChI=1S/C19H29NO3/c1-11-13(7-14(22-5)8-16(11)23-6)9-20-10-15-17(19(15,3)4)18(20)12(2)21/h7-8,11,15-18H,9-10H2,1-6H3. The molecule has 0 N–H and O–H groups in total. The van der Waals surface area contributed by atoms with Gasteiger partial charge >= 0.3 is 0 Å². The molecule has 1 saturated heterocycles. The van der Waals surface area contributed by atoms with Crippen LogP contribution in [-0.2, 0) is 14.3 Å². The fraction of sp³-hybridized carbons (Fsp3) is 0.737. The number of rotatable bonds is 5. The van der Waals surface area contributed by atoms with Crippen molar-refractivity contribution in [3.05, 3.63) is 23.5 Å². The van der Waals surface area contributed by atoms with Gasteiger partial charge in [0.25, 0.3) is 0 Å². The summed E-state index contributed by atoms with van der Waals surface area (Å²) < 4.78 is 11.0. The molecule has 0 spiro atoms. The molecule has 5 atom stereocenters. The second-order valence-corrected chi connectivity index (χ2v) is 7.92. The zero-order chi connectivity index (χ0) is 16.9. The lowest BCUT2D eigenvalue weighted by molar-refractivity contribution is -0.122. The summed E-state index contributed by atoms with van der Waals surface area (Å²) in [5, 5.41) is 0. The minimum absolute atomic E-state index is 0.0364. The van der Waals surface area contributed by atoms with E-state index in [0.717, 1.165) is 18.8 Å². The number of Topliss-reactive ketones (excluding diaryl/α,β-unsaturated/α-hetero) is 1. The molecule has 2 aliphatic carbocycles.